The van der Waals surface area contributed by atoms with Gasteiger partial charge < -0.3 is 0 Å². The molecule has 1 atom stereocenters. The highest BCUT2D eigenvalue weighted by Gasteiger charge is 2.59. The second-order valence-corrected chi connectivity index (χ2v) is 7.40. The van der Waals surface area contributed by atoms with E-state index in [4.69, 9.17) is 28.0 Å². The van der Waals surface area contributed by atoms with Crippen LogP contribution in [0.1, 0.15) is 16.7 Å². The number of nitrogens with one attached hydrogen (secondary N) is 1. The maximum atomic E-state index is 14.0. The van der Waals surface area contributed by atoms with Gasteiger partial charge in [-0.25, -0.2) is 0 Å². The second-order valence-electron chi connectivity index (χ2n) is 5.68. The van der Waals surface area contributed by atoms with Crippen molar-refractivity contribution in [2.45, 2.75) is 16.7 Å². The third-order valence-electron chi connectivity index (χ3n) is 4.01. The number of hydrogen-bond donors (Lipinski definition) is 1. The lowest BCUT2D eigenvalue weighted by atomic mass is 9.91. The van der Waals surface area contributed by atoms with Gasteiger partial charge in [-0.1, -0.05) is 29.3 Å². The van der Waals surface area contributed by atoms with E-state index in [1.165, 1.54) is 23.9 Å². The summed E-state index contributed by atoms with van der Waals surface area (Å²) in [6.45, 7) is 0. The van der Waals surface area contributed by atoms with Crippen molar-refractivity contribution in [1.82, 2.24) is 5.48 Å². The molecular formula is C18H11Cl2F3N2OS. The van der Waals surface area contributed by atoms with Gasteiger partial charge in [-0.2, -0.15) is 18.4 Å². The molecule has 0 amide bonds. The first-order valence-electron chi connectivity index (χ1n) is 7.49. The maximum Gasteiger partial charge on any atom is 0.428 e. The molecule has 0 spiro atoms. The Kier molecular flexibility index (Phi) is 5.37. The number of halogens is 5. The lowest BCUT2D eigenvalue weighted by molar-refractivity contribution is -0.269. The molecule has 0 fully saturated rings. The molecule has 0 aliphatic carbocycles. The van der Waals surface area contributed by atoms with Gasteiger partial charge in [0.1, 0.15) is 6.07 Å². The third-order valence-corrected chi connectivity index (χ3v) is 5.25. The van der Waals surface area contributed by atoms with E-state index in [1.54, 1.807) is 12.1 Å². The quantitative estimate of drug-likeness (QED) is 0.613. The van der Waals surface area contributed by atoms with Gasteiger partial charge in [-0.05, 0) is 42.7 Å². The average Bonchev–Trinajstić information content (AvgIpc) is 3.07. The molecule has 27 heavy (non-hydrogen) atoms. The van der Waals surface area contributed by atoms with Crippen LogP contribution in [0.4, 0.5) is 13.2 Å². The number of alkyl halides is 3. The molecule has 2 aromatic rings. The summed E-state index contributed by atoms with van der Waals surface area (Å²) in [4.78, 5) is 5.75. The Morgan fingerprint density at radius 3 is 2.37 bits per heavy atom. The summed E-state index contributed by atoms with van der Waals surface area (Å²) < 4.78 is 41.9. The largest absolute Gasteiger partial charge is 0.428 e. The number of rotatable bonds is 3. The maximum absolute atomic E-state index is 14.0. The molecule has 3 rings (SSSR count). The first-order chi connectivity index (χ1) is 12.7. The van der Waals surface area contributed by atoms with Crippen molar-refractivity contribution in [2.75, 3.05) is 6.26 Å². The Hall–Kier alpha value is -1.85. The van der Waals surface area contributed by atoms with Gasteiger partial charge in [0.15, 0.2) is 0 Å². The molecule has 0 saturated heterocycles. The van der Waals surface area contributed by atoms with Crippen LogP contribution >= 0.6 is 35.0 Å². The van der Waals surface area contributed by atoms with Gasteiger partial charge in [0.05, 0.1) is 11.3 Å². The van der Waals surface area contributed by atoms with E-state index in [-0.39, 0.29) is 21.3 Å². The van der Waals surface area contributed by atoms with Crippen molar-refractivity contribution in [1.29, 1.82) is 5.26 Å². The lowest BCUT2D eigenvalue weighted by Gasteiger charge is -2.28. The van der Waals surface area contributed by atoms with E-state index in [1.807, 2.05) is 12.3 Å². The number of benzene rings is 2. The molecular weight excluding hydrogens is 420 g/mol. The highest BCUT2D eigenvalue weighted by Crippen LogP contribution is 2.48. The molecule has 0 aromatic heterocycles. The highest BCUT2D eigenvalue weighted by molar-refractivity contribution is 7.98. The predicted octanol–water partition coefficient (Wildman–Crippen LogP) is 5.92. The van der Waals surface area contributed by atoms with E-state index in [0.717, 1.165) is 23.1 Å². The van der Waals surface area contributed by atoms with Crippen LogP contribution in [0.2, 0.25) is 10.0 Å². The topological polar surface area (TPSA) is 45.0 Å². The van der Waals surface area contributed by atoms with Crippen molar-refractivity contribution in [3.63, 3.8) is 0 Å². The lowest BCUT2D eigenvalue weighted by Crippen LogP contribution is -2.42. The van der Waals surface area contributed by atoms with Gasteiger partial charge in [0.2, 0.25) is 5.60 Å². The summed E-state index contributed by atoms with van der Waals surface area (Å²) in [6, 6.07) is 10.5. The van der Waals surface area contributed by atoms with Crippen molar-refractivity contribution in [2.24, 2.45) is 0 Å². The minimum Gasteiger partial charge on any atom is -0.265 e. The molecule has 1 N–H and O–H groups in total. The SMILES string of the molecule is CSc1ccc(C2=CC(c3cc(Cl)cc(Cl)c3)(C(F)(F)F)ON2)cc1C#N. The summed E-state index contributed by atoms with van der Waals surface area (Å²) in [7, 11) is 0. The zero-order valence-corrected chi connectivity index (χ0v) is 16.0. The van der Waals surface area contributed by atoms with Crippen LogP contribution in [0.15, 0.2) is 47.4 Å². The average molecular weight is 431 g/mol. The van der Waals surface area contributed by atoms with Gasteiger partial charge in [-0.3, -0.25) is 10.3 Å². The molecule has 1 unspecified atom stereocenters. The van der Waals surface area contributed by atoms with Crippen LogP contribution in [0.25, 0.3) is 5.70 Å². The smallest absolute Gasteiger partial charge is 0.265 e. The number of hydrogen-bond acceptors (Lipinski definition) is 4. The van der Waals surface area contributed by atoms with Gasteiger partial charge >= 0.3 is 6.18 Å². The van der Waals surface area contributed by atoms with Crippen LogP contribution in [0, 0.1) is 11.3 Å². The second kappa shape index (κ2) is 7.28. The van der Waals surface area contributed by atoms with E-state index < -0.39 is 11.8 Å². The normalized spacial score (nSPS) is 19.4. The molecule has 9 heteroatoms. The Labute approximate surface area is 167 Å². The number of nitrogens with zero attached hydrogens (tertiary/aromatic N) is 1. The molecule has 0 saturated carbocycles. The first kappa shape index (κ1) is 19.9. The molecule has 0 bridgehead atoms. The number of nitriles is 1. The van der Waals surface area contributed by atoms with Crippen LogP contribution in [0.5, 0.6) is 0 Å². The van der Waals surface area contributed by atoms with Crippen molar-refractivity contribution >= 4 is 40.7 Å². The fraction of sp³-hybridized carbons (Fsp3) is 0.167. The molecule has 140 valence electrons. The fourth-order valence-corrected chi connectivity index (χ4v) is 3.77. The fourth-order valence-electron chi connectivity index (χ4n) is 2.72. The van der Waals surface area contributed by atoms with Crippen LogP contribution in [-0.4, -0.2) is 12.4 Å². The Balaban J connectivity index is 2.14. The van der Waals surface area contributed by atoms with E-state index in [9.17, 15) is 18.4 Å². The van der Waals surface area contributed by atoms with Crippen LogP contribution in [-0.2, 0) is 10.4 Å². The molecule has 3 nitrogen and oxygen atoms in total. The van der Waals surface area contributed by atoms with Crippen molar-refractivity contribution < 1.29 is 18.0 Å². The molecule has 2 aromatic carbocycles. The summed E-state index contributed by atoms with van der Waals surface area (Å²) in [5, 5.41) is 9.36. The van der Waals surface area contributed by atoms with Gasteiger partial charge in [0.25, 0.3) is 0 Å². The Morgan fingerprint density at radius 1 is 1.15 bits per heavy atom. The monoisotopic (exact) mass is 430 g/mol. The summed E-state index contributed by atoms with van der Waals surface area (Å²) in [6.07, 6.45) is -2.05. The predicted molar refractivity (Wildman–Crippen MR) is 99.3 cm³/mol. The summed E-state index contributed by atoms with van der Waals surface area (Å²) in [5.41, 5.74) is 0.162. The van der Waals surface area contributed by atoms with E-state index in [0.29, 0.717) is 11.1 Å². The first-order valence-corrected chi connectivity index (χ1v) is 9.47. The van der Waals surface area contributed by atoms with E-state index in [2.05, 4.69) is 5.48 Å². The zero-order valence-electron chi connectivity index (χ0n) is 13.7. The highest BCUT2D eigenvalue weighted by atomic mass is 35.5. The third kappa shape index (κ3) is 3.63. The van der Waals surface area contributed by atoms with Crippen molar-refractivity contribution in [3.8, 4) is 6.07 Å². The van der Waals surface area contributed by atoms with Gasteiger partial charge in [0, 0.05) is 26.1 Å². The van der Waals surface area contributed by atoms with Crippen LogP contribution < -0.4 is 5.48 Å². The van der Waals surface area contributed by atoms with Crippen LogP contribution in [0.3, 0.4) is 0 Å². The molecule has 1 aliphatic rings. The number of hydroxylamine groups is 1. The van der Waals surface area contributed by atoms with E-state index >= 15 is 0 Å². The summed E-state index contributed by atoms with van der Waals surface area (Å²) in [5.74, 6) is 0. The minimum absolute atomic E-state index is 0.0580. The standard InChI is InChI=1S/C18H11Cl2F3N2OS/c1-27-16-3-2-10(4-11(16)9-24)15-8-17(26-25-15,18(21,22)23)12-5-13(19)7-14(20)6-12/h2-8,25H,1H3. The zero-order chi connectivity index (χ0) is 19.8. The minimum atomic E-state index is -4.78. The molecule has 1 heterocycles. The summed E-state index contributed by atoms with van der Waals surface area (Å²) >= 11 is 13.1. The Bertz CT molecular complexity index is 952. The van der Waals surface area contributed by atoms with Crippen molar-refractivity contribution in [3.05, 3.63) is 69.2 Å². The molecule has 0 radical (unpaired) electrons. The Morgan fingerprint density at radius 2 is 1.81 bits per heavy atom. The molecule has 1 aliphatic heterocycles. The van der Waals surface area contributed by atoms with Gasteiger partial charge in [-0.15, -0.1) is 11.8 Å². The number of thioether (sulfide) groups is 1.